The predicted octanol–water partition coefficient (Wildman–Crippen LogP) is 5.03. The average molecular weight is 474 g/mol. The maximum absolute atomic E-state index is 12.3. The summed E-state index contributed by atoms with van der Waals surface area (Å²) in [6.45, 7) is 2.79. The van der Waals surface area contributed by atoms with Gasteiger partial charge in [0.05, 0.1) is 14.2 Å². The fraction of sp³-hybridized carbons (Fsp3) is 0.345. The molecule has 2 N–H and O–H groups in total. The zero-order valence-electron chi connectivity index (χ0n) is 20.6. The molecule has 1 amide bonds. The van der Waals surface area contributed by atoms with Crippen molar-refractivity contribution in [3.63, 3.8) is 0 Å². The molecular formula is C29H35N3O3. The molecule has 0 aromatic heterocycles. The minimum Gasteiger partial charge on any atom is -0.497 e. The Morgan fingerprint density at radius 1 is 0.886 bits per heavy atom. The van der Waals surface area contributed by atoms with Crippen molar-refractivity contribution in [1.29, 1.82) is 0 Å². The van der Waals surface area contributed by atoms with Gasteiger partial charge in [0.1, 0.15) is 11.5 Å². The zero-order valence-corrected chi connectivity index (χ0v) is 20.6. The van der Waals surface area contributed by atoms with E-state index in [0.717, 1.165) is 61.6 Å². The molecule has 1 saturated heterocycles. The van der Waals surface area contributed by atoms with Crippen molar-refractivity contribution in [2.24, 2.45) is 0 Å². The van der Waals surface area contributed by atoms with Crippen LogP contribution in [0, 0.1) is 0 Å². The maximum Gasteiger partial charge on any atom is 0.224 e. The number of carbonyl (C=O) groups is 1. The summed E-state index contributed by atoms with van der Waals surface area (Å²) in [5.74, 6) is 1.67. The lowest BCUT2D eigenvalue weighted by Gasteiger charge is -2.34. The van der Waals surface area contributed by atoms with Crippen molar-refractivity contribution in [3.05, 3.63) is 83.9 Å². The quantitative estimate of drug-likeness (QED) is 0.432. The van der Waals surface area contributed by atoms with Gasteiger partial charge in [-0.2, -0.15) is 0 Å². The summed E-state index contributed by atoms with van der Waals surface area (Å²) >= 11 is 0. The van der Waals surface area contributed by atoms with E-state index in [1.165, 1.54) is 11.3 Å². The molecule has 4 rings (SSSR count). The van der Waals surface area contributed by atoms with E-state index in [2.05, 4.69) is 39.8 Å². The molecule has 0 bridgehead atoms. The summed E-state index contributed by atoms with van der Waals surface area (Å²) in [4.78, 5) is 14.7. The monoisotopic (exact) mass is 473 g/mol. The van der Waals surface area contributed by atoms with E-state index in [4.69, 9.17) is 9.47 Å². The van der Waals surface area contributed by atoms with Gasteiger partial charge in [-0.1, -0.05) is 30.3 Å². The smallest absolute Gasteiger partial charge is 0.224 e. The maximum atomic E-state index is 12.3. The lowest BCUT2D eigenvalue weighted by Crippen LogP contribution is -2.42. The number of hydrogen-bond donors (Lipinski definition) is 2. The second-order valence-corrected chi connectivity index (χ2v) is 8.94. The van der Waals surface area contributed by atoms with Gasteiger partial charge >= 0.3 is 0 Å². The largest absolute Gasteiger partial charge is 0.497 e. The van der Waals surface area contributed by atoms with Crippen LogP contribution in [-0.4, -0.2) is 39.3 Å². The van der Waals surface area contributed by atoms with E-state index in [9.17, 15) is 4.79 Å². The van der Waals surface area contributed by atoms with Crippen molar-refractivity contribution >= 4 is 17.3 Å². The second kappa shape index (κ2) is 12.3. The van der Waals surface area contributed by atoms with Crippen LogP contribution in [0.2, 0.25) is 0 Å². The van der Waals surface area contributed by atoms with Crippen LogP contribution < -0.4 is 25.0 Å². The van der Waals surface area contributed by atoms with Gasteiger partial charge < -0.3 is 25.0 Å². The van der Waals surface area contributed by atoms with Crippen LogP contribution in [0.4, 0.5) is 11.4 Å². The first-order chi connectivity index (χ1) is 17.1. The van der Waals surface area contributed by atoms with Gasteiger partial charge in [-0.05, 0) is 66.8 Å². The number of piperidine rings is 1. The van der Waals surface area contributed by atoms with Crippen LogP contribution in [0.3, 0.4) is 0 Å². The van der Waals surface area contributed by atoms with Gasteiger partial charge in [0, 0.05) is 49.5 Å². The first kappa shape index (κ1) is 24.6. The number of rotatable bonds is 10. The SMILES string of the molecule is COc1cc(CNC2CCN(c3ccc(NC(=O)CCc4ccccc4)cc3)CC2)cc(OC)c1. The standard InChI is InChI=1S/C29H35N3O3/c1-34-27-18-23(19-28(20-27)35-2)21-30-24-14-16-32(17-15-24)26-11-9-25(10-12-26)31-29(33)13-8-22-6-4-3-5-7-22/h3-7,9-12,18-20,24,30H,8,13-17,21H2,1-2H3,(H,31,33). The second-order valence-electron chi connectivity index (χ2n) is 8.94. The predicted molar refractivity (Wildman–Crippen MR) is 141 cm³/mol. The minimum atomic E-state index is 0.0437. The number of anilines is 2. The van der Waals surface area contributed by atoms with Crippen LogP contribution in [0.5, 0.6) is 11.5 Å². The Morgan fingerprint density at radius 3 is 2.17 bits per heavy atom. The van der Waals surface area contributed by atoms with Crippen LogP contribution in [-0.2, 0) is 17.8 Å². The number of carbonyl (C=O) groups excluding carboxylic acids is 1. The molecule has 1 aliphatic heterocycles. The van der Waals surface area contributed by atoms with Crippen molar-refractivity contribution in [2.45, 2.75) is 38.3 Å². The Labute approximate surface area is 208 Å². The van der Waals surface area contributed by atoms with Gasteiger partial charge in [-0.15, -0.1) is 0 Å². The normalized spacial score (nSPS) is 13.9. The summed E-state index contributed by atoms with van der Waals surface area (Å²) in [6, 6.07) is 24.8. The van der Waals surface area contributed by atoms with Crippen LogP contribution in [0.25, 0.3) is 0 Å². The molecule has 184 valence electrons. The molecule has 1 fully saturated rings. The lowest BCUT2D eigenvalue weighted by molar-refractivity contribution is -0.116. The van der Waals surface area contributed by atoms with Crippen molar-refractivity contribution in [1.82, 2.24) is 5.32 Å². The van der Waals surface area contributed by atoms with Crippen molar-refractivity contribution in [3.8, 4) is 11.5 Å². The molecule has 35 heavy (non-hydrogen) atoms. The van der Waals surface area contributed by atoms with E-state index in [0.29, 0.717) is 12.5 Å². The average Bonchev–Trinajstić information content (AvgIpc) is 2.92. The van der Waals surface area contributed by atoms with E-state index in [1.807, 2.05) is 48.5 Å². The highest BCUT2D eigenvalue weighted by molar-refractivity contribution is 5.91. The lowest BCUT2D eigenvalue weighted by atomic mass is 10.0. The molecular weight excluding hydrogens is 438 g/mol. The molecule has 0 radical (unpaired) electrons. The van der Waals surface area contributed by atoms with E-state index in [-0.39, 0.29) is 5.91 Å². The molecule has 0 atom stereocenters. The van der Waals surface area contributed by atoms with E-state index in [1.54, 1.807) is 14.2 Å². The number of methoxy groups -OCH3 is 2. The first-order valence-electron chi connectivity index (χ1n) is 12.3. The Balaban J connectivity index is 1.21. The molecule has 0 unspecified atom stereocenters. The van der Waals surface area contributed by atoms with Gasteiger partial charge in [-0.25, -0.2) is 0 Å². The number of ether oxygens (including phenoxy) is 2. The summed E-state index contributed by atoms with van der Waals surface area (Å²) < 4.78 is 10.7. The number of aryl methyl sites for hydroxylation is 1. The Hall–Kier alpha value is -3.51. The highest BCUT2D eigenvalue weighted by atomic mass is 16.5. The molecule has 0 spiro atoms. The van der Waals surface area contributed by atoms with Crippen LogP contribution >= 0.6 is 0 Å². The molecule has 1 heterocycles. The van der Waals surface area contributed by atoms with Gasteiger partial charge in [0.15, 0.2) is 0 Å². The number of hydrogen-bond acceptors (Lipinski definition) is 5. The third-order valence-corrected chi connectivity index (χ3v) is 6.50. The van der Waals surface area contributed by atoms with Crippen molar-refractivity contribution in [2.75, 3.05) is 37.5 Å². The van der Waals surface area contributed by atoms with Crippen molar-refractivity contribution < 1.29 is 14.3 Å². The summed E-state index contributed by atoms with van der Waals surface area (Å²) in [5.41, 5.74) is 4.38. The highest BCUT2D eigenvalue weighted by Gasteiger charge is 2.19. The zero-order chi connectivity index (χ0) is 24.5. The number of nitrogens with zero attached hydrogens (tertiary/aromatic N) is 1. The Kier molecular flexibility index (Phi) is 8.63. The first-order valence-corrected chi connectivity index (χ1v) is 12.3. The van der Waals surface area contributed by atoms with Crippen LogP contribution in [0.15, 0.2) is 72.8 Å². The molecule has 6 nitrogen and oxygen atoms in total. The number of amides is 1. The molecule has 0 aliphatic carbocycles. The molecule has 3 aromatic carbocycles. The summed E-state index contributed by atoms with van der Waals surface area (Å²) in [7, 11) is 3.35. The third kappa shape index (κ3) is 7.23. The fourth-order valence-electron chi connectivity index (χ4n) is 4.45. The van der Waals surface area contributed by atoms with Gasteiger partial charge in [-0.3, -0.25) is 4.79 Å². The van der Waals surface area contributed by atoms with Gasteiger partial charge in [0.2, 0.25) is 5.91 Å². The van der Waals surface area contributed by atoms with E-state index < -0.39 is 0 Å². The molecule has 0 saturated carbocycles. The fourth-order valence-corrected chi connectivity index (χ4v) is 4.45. The third-order valence-electron chi connectivity index (χ3n) is 6.50. The highest BCUT2D eigenvalue weighted by Crippen LogP contribution is 2.24. The topological polar surface area (TPSA) is 62.8 Å². The Morgan fingerprint density at radius 2 is 1.54 bits per heavy atom. The molecule has 6 heteroatoms. The molecule has 1 aliphatic rings. The summed E-state index contributed by atoms with van der Waals surface area (Å²) in [6.07, 6.45) is 3.39. The van der Waals surface area contributed by atoms with E-state index >= 15 is 0 Å². The Bertz CT molecular complexity index is 1060. The molecule has 3 aromatic rings. The van der Waals surface area contributed by atoms with Crippen LogP contribution in [0.1, 0.15) is 30.4 Å². The summed E-state index contributed by atoms with van der Waals surface area (Å²) in [5, 5.41) is 6.69. The number of benzene rings is 3. The number of nitrogens with one attached hydrogen (secondary N) is 2. The minimum absolute atomic E-state index is 0.0437. The van der Waals surface area contributed by atoms with Gasteiger partial charge in [0.25, 0.3) is 0 Å².